The minimum Gasteiger partial charge on any atom is -0.456 e. The van der Waals surface area contributed by atoms with Crippen molar-refractivity contribution in [1.82, 2.24) is 15.2 Å². The van der Waals surface area contributed by atoms with Gasteiger partial charge in [0.25, 0.3) is 11.8 Å². The van der Waals surface area contributed by atoms with Crippen molar-refractivity contribution in [3.05, 3.63) is 70.7 Å². The van der Waals surface area contributed by atoms with Crippen molar-refractivity contribution >= 4 is 52.4 Å². The lowest BCUT2D eigenvalue weighted by Gasteiger charge is -2.29. The number of hydrogen-bond acceptors (Lipinski definition) is 6. The Morgan fingerprint density at radius 3 is 2.45 bits per heavy atom. The number of rotatable bonds is 6. The maximum absolute atomic E-state index is 12.8. The normalized spacial score (nSPS) is 14.9. The molecule has 1 unspecified atom stereocenters. The Kier molecular flexibility index (Phi) is 8.13. The molecule has 2 amide bonds. The van der Waals surface area contributed by atoms with Crippen LogP contribution in [0.4, 0.5) is 0 Å². The van der Waals surface area contributed by atoms with E-state index in [2.05, 4.69) is 10.4 Å². The number of hydrogen-bond donors (Lipinski definition) is 1. The summed E-state index contributed by atoms with van der Waals surface area (Å²) in [5, 5.41) is 9.45. The minimum absolute atomic E-state index is 0.112. The Balaban J connectivity index is 1.85. The maximum atomic E-state index is 12.8. The summed E-state index contributed by atoms with van der Waals surface area (Å²) in [6.45, 7) is 3.28. The molecule has 0 aromatic heterocycles. The summed E-state index contributed by atoms with van der Waals surface area (Å²) in [4.78, 5) is 38.0. The number of halogens is 1. The summed E-state index contributed by atoms with van der Waals surface area (Å²) in [6, 6.07) is 15.3. The summed E-state index contributed by atoms with van der Waals surface area (Å²) in [6.07, 6.45) is 0. The highest BCUT2D eigenvalue weighted by Gasteiger charge is 2.36. The lowest BCUT2D eigenvalue weighted by Crippen LogP contribution is -2.49. The zero-order valence-electron chi connectivity index (χ0n) is 18.2. The number of nitrogens with one attached hydrogen (secondary N) is 1. The fourth-order valence-corrected chi connectivity index (χ4v) is 3.71. The third-order valence-electron chi connectivity index (χ3n) is 4.96. The van der Waals surface area contributed by atoms with Crippen LogP contribution in [0.2, 0.25) is 5.02 Å². The van der Waals surface area contributed by atoms with Crippen molar-refractivity contribution in [3.8, 4) is 0 Å². The van der Waals surface area contributed by atoms with Crippen LogP contribution in [-0.2, 0) is 14.3 Å². The second-order valence-electron chi connectivity index (χ2n) is 7.18. The van der Waals surface area contributed by atoms with E-state index in [1.807, 2.05) is 13.0 Å². The van der Waals surface area contributed by atoms with E-state index in [9.17, 15) is 14.4 Å². The van der Waals surface area contributed by atoms with Crippen LogP contribution >= 0.6 is 23.8 Å². The van der Waals surface area contributed by atoms with Crippen molar-refractivity contribution < 1.29 is 19.1 Å². The van der Waals surface area contributed by atoms with Gasteiger partial charge in [0.15, 0.2) is 11.7 Å². The number of carbonyl (C=O) groups is 3. The van der Waals surface area contributed by atoms with Crippen LogP contribution in [0, 0.1) is 0 Å². The first-order valence-corrected chi connectivity index (χ1v) is 11.0. The third-order valence-corrected chi connectivity index (χ3v) is 5.52. The van der Waals surface area contributed by atoms with Crippen molar-refractivity contribution in [1.29, 1.82) is 0 Å². The van der Waals surface area contributed by atoms with Gasteiger partial charge >= 0.3 is 5.97 Å². The smallest absolute Gasteiger partial charge is 0.303 e. The van der Waals surface area contributed by atoms with Crippen LogP contribution in [0.3, 0.4) is 0 Å². The molecule has 0 fully saturated rings. The van der Waals surface area contributed by atoms with Crippen molar-refractivity contribution in [2.45, 2.75) is 19.9 Å². The predicted octanol–water partition coefficient (Wildman–Crippen LogP) is 2.85. The zero-order valence-corrected chi connectivity index (χ0v) is 19.7. The average Bonchev–Trinajstić information content (AvgIpc) is 3.24. The minimum atomic E-state index is -0.538. The molecule has 10 heteroatoms. The summed E-state index contributed by atoms with van der Waals surface area (Å²) in [5.74, 6) is -1.25. The Labute approximate surface area is 202 Å². The number of hydrazone groups is 1. The van der Waals surface area contributed by atoms with Gasteiger partial charge in [0, 0.05) is 29.6 Å². The molecule has 1 aliphatic rings. The molecule has 0 radical (unpaired) electrons. The molecule has 0 saturated heterocycles. The van der Waals surface area contributed by atoms with Gasteiger partial charge < -0.3 is 9.64 Å². The fourth-order valence-electron chi connectivity index (χ4n) is 3.37. The molecule has 1 atom stereocenters. The van der Waals surface area contributed by atoms with Crippen LogP contribution < -0.4 is 5.32 Å². The standard InChI is InChI=1S/C23H23ClN4O4S/c1-3-27(20(30)14-32-15(2)29)19-13-28(26-21(19)16-9-11-18(24)12-10-16)23(33)25-22(31)17-7-5-4-6-8-17/h4-12,19H,3,13-14H2,1-2H3,(H,25,31,33). The van der Waals surface area contributed by atoms with Crippen LogP contribution in [0.1, 0.15) is 29.8 Å². The molecule has 33 heavy (non-hydrogen) atoms. The van der Waals surface area contributed by atoms with Gasteiger partial charge in [-0.1, -0.05) is 41.9 Å². The second kappa shape index (κ2) is 11.0. The molecule has 2 aromatic rings. The molecule has 0 saturated carbocycles. The number of nitrogens with zero attached hydrogens (tertiary/aromatic N) is 3. The predicted molar refractivity (Wildman–Crippen MR) is 129 cm³/mol. The topological polar surface area (TPSA) is 91.3 Å². The van der Waals surface area contributed by atoms with Gasteiger partial charge in [-0.3, -0.25) is 19.7 Å². The molecule has 3 rings (SSSR count). The van der Waals surface area contributed by atoms with Crippen LogP contribution in [0.5, 0.6) is 0 Å². The van der Waals surface area contributed by atoms with Crippen molar-refractivity contribution in [2.75, 3.05) is 19.7 Å². The van der Waals surface area contributed by atoms with Gasteiger partial charge in [-0.05, 0) is 43.4 Å². The SMILES string of the molecule is CCN(C(=O)COC(C)=O)C1CN(C(=S)NC(=O)c2ccccc2)N=C1c1ccc(Cl)cc1. The molecule has 0 spiro atoms. The lowest BCUT2D eigenvalue weighted by atomic mass is 10.0. The highest BCUT2D eigenvalue weighted by molar-refractivity contribution is 7.80. The van der Waals surface area contributed by atoms with E-state index >= 15 is 0 Å². The second-order valence-corrected chi connectivity index (χ2v) is 8.00. The summed E-state index contributed by atoms with van der Waals surface area (Å²) < 4.78 is 4.89. The molecule has 1 aliphatic heterocycles. The summed E-state index contributed by atoms with van der Waals surface area (Å²) in [5.41, 5.74) is 1.80. The molecule has 8 nitrogen and oxygen atoms in total. The number of esters is 1. The van der Waals surface area contributed by atoms with Gasteiger partial charge in [0.05, 0.1) is 18.3 Å². The van der Waals surface area contributed by atoms with Gasteiger partial charge in [0.1, 0.15) is 0 Å². The van der Waals surface area contributed by atoms with E-state index in [-0.39, 0.29) is 30.1 Å². The van der Waals surface area contributed by atoms with Gasteiger partial charge in [-0.2, -0.15) is 5.10 Å². The summed E-state index contributed by atoms with van der Waals surface area (Å²) >= 11 is 11.5. The fraction of sp³-hybridized carbons (Fsp3) is 0.261. The molecule has 0 aliphatic carbocycles. The quantitative estimate of drug-likeness (QED) is 0.498. The molecule has 0 bridgehead atoms. The van der Waals surface area contributed by atoms with Crippen LogP contribution in [0.25, 0.3) is 0 Å². The molecular weight excluding hydrogens is 464 g/mol. The highest BCUT2D eigenvalue weighted by Crippen LogP contribution is 2.21. The molecular formula is C23H23ClN4O4S. The molecule has 1 N–H and O–H groups in total. The Morgan fingerprint density at radius 1 is 1.18 bits per heavy atom. The highest BCUT2D eigenvalue weighted by atomic mass is 35.5. The average molecular weight is 487 g/mol. The van der Waals surface area contributed by atoms with E-state index in [1.165, 1.54) is 11.9 Å². The number of carbonyl (C=O) groups excluding carboxylic acids is 3. The Morgan fingerprint density at radius 2 is 1.85 bits per heavy atom. The number of ether oxygens (including phenoxy) is 1. The third kappa shape index (κ3) is 6.15. The summed E-state index contributed by atoms with van der Waals surface area (Å²) in [7, 11) is 0. The number of benzene rings is 2. The van der Waals surface area contributed by atoms with Gasteiger partial charge in [0.2, 0.25) is 0 Å². The van der Waals surface area contributed by atoms with Gasteiger partial charge in [-0.15, -0.1) is 0 Å². The zero-order chi connectivity index (χ0) is 24.0. The van der Waals surface area contributed by atoms with E-state index in [4.69, 9.17) is 28.6 Å². The Bertz CT molecular complexity index is 1080. The molecule has 1 heterocycles. The van der Waals surface area contributed by atoms with Crippen molar-refractivity contribution in [2.24, 2.45) is 5.10 Å². The van der Waals surface area contributed by atoms with Crippen LogP contribution in [0.15, 0.2) is 59.7 Å². The first kappa shape index (κ1) is 24.3. The number of amides is 2. The van der Waals surface area contributed by atoms with E-state index in [0.29, 0.717) is 22.8 Å². The number of thiocarbonyl (C=S) groups is 1. The largest absolute Gasteiger partial charge is 0.456 e. The number of likely N-dealkylation sites (N-methyl/N-ethyl adjacent to an activating group) is 1. The van der Waals surface area contributed by atoms with E-state index in [1.54, 1.807) is 53.4 Å². The van der Waals surface area contributed by atoms with E-state index < -0.39 is 12.0 Å². The van der Waals surface area contributed by atoms with E-state index in [0.717, 1.165) is 5.56 Å². The first-order chi connectivity index (χ1) is 15.8. The van der Waals surface area contributed by atoms with Crippen LogP contribution in [-0.4, -0.2) is 64.3 Å². The lowest BCUT2D eigenvalue weighted by molar-refractivity contribution is -0.150. The molecule has 172 valence electrons. The maximum Gasteiger partial charge on any atom is 0.303 e. The Hall–Kier alpha value is -3.30. The molecule has 2 aromatic carbocycles. The van der Waals surface area contributed by atoms with Gasteiger partial charge in [-0.25, -0.2) is 5.01 Å². The monoisotopic (exact) mass is 486 g/mol. The first-order valence-electron chi connectivity index (χ1n) is 10.2. The van der Waals surface area contributed by atoms with Crippen molar-refractivity contribution in [3.63, 3.8) is 0 Å².